The van der Waals surface area contributed by atoms with Gasteiger partial charge in [-0.15, -0.1) is 0 Å². The van der Waals surface area contributed by atoms with E-state index in [9.17, 15) is 19.8 Å². The van der Waals surface area contributed by atoms with Crippen molar-refractivity contribution in [3.8, 4) is 5.75 Å². The first kappa shape index (κ1) is 20.7. The van der Waals surface area contributed by atoms with Gasteiger partial charge in [-0.25, -0.2) is 4.79 Å². The molecule has 6 nitrogen and oxygen atoms in total. The third-order valence-corrected chi connectivity index (χ3v) is 5.36. The van der Waals surface area contributed by atoms with Crippen molar-refractivity contribution in [2.75, 3.05) is 6.61 Å². The number of ether oxygens (including phenoxy) is 1. The molecule has 0 bridgehead atoms. The molecule has 0 aliphatic carbocycles. The average molecular weight is 416 g/mol. The van der Waals surface area contributed by atoms with Gasteiger partial charge in [0, 0.05) is 23.1 Å². The highest BCUT2D eigenvalue weighted by Gasteiger charge is 2.30. The molecule has 3 rings (SSSR count). The summed E-state index contributed by atoms with van der Waals surface area (Å²) in [4.78, 5) is 25.0. The summed E-state index contributed by atoms with van der Waals surface area (Å²) >= 11 is 5.89. The number of hydrogen-bond donors (Lipinski definition) is 2. The van der Waals surface area contributed by atoms with Crippen LogP contribution in [0.4, 0.5) is 0 Å². The molecule has 0 radical (unpaired) electrons. The number of phenols is 1. The Hall–Kier alpha value is -2.99. The van der Waals surface area contributed by atoms with Gasteiger partial charge in [-0.2, -0.15) is 0 Å². The largest absolute Gasteiger partial charge is 0.506 e. The molecule has 0 spiro atoms. The number of aromatic hydroxyl groups is 1. The van der Waals surface area contributed by atoms with Crippen molar-refractivity contribution >= 4 is 34.4 Å². The first-order valence-corrected chi connectivity index (χ1v) is 9.69. The molecule has 1 unspecified atom stereocenters. The van der Waals surface area contributed by atoms with Crippen molar-refractivity contribution < 1.29 is 24.5 Å². The fourth-order valence-corrected chi connectivity index (χ4v) is 3.93. The molecule has 0 saturated heterocycles. The van der Waals surface area contributed by atoms with Crippen molar-refractivity contribution in [3.63, 3.8) is 0 Å². The number of carbonyl (C=O) groups excluding carboxylic acids is 1. The maximum absolute atomic E-state index is 12.7. The summed E-state index contributed by atoms with van der Waals surface area (Å²) in [6.07, 6.45) is 0. The van der Waals surface area contributed by atoms with Crippen LogP contribution in [0.5, 0.6) is 5.75 Å². The molecular weight excluding hydrogens is 394 g/mol. The Morgan fingerprint density at radius 1 is 1.21 bits per heavy atom. The van der Waals surface area contributed by atoms with Gasteiger partial charge in [0.2, 0.25) is 0 Å². The standard InChI is InChI=1S/C22H22ClNO5/c1-4-24-12(3)18(22(28)29-5-2)20-14(7-6-8-16(20)24)19(21(26)27)13-9-10-15(23)17(25)11-13/h6-11,19,25H,4-5H2,1-3H3,(H,26,27). The molecule has 29 heavy (non-hydrogen) atoms. The second-order valence-corrected chi connectivity index (χ2v) is 7.06. The molecule has 0 amide bonds. The Bertz CT molecular complexity index is 1100. The number of hydrogen-bond acceptors (Lipinski definition) is 4. The summed E-state index contributed by atoms with van der Waals surface area (Å²) in [6.45, 7) is 6.34. The molecule has 0 fully saturated rings. The minimum atomic E-state index is -1.10. The lowest BCUT2D eigenvalue weighted by Gasteiger charge is -2.16. The lowest BCUT2D eigenvalue weighted by atomic mass is 9.87. The van der Waals surface area contributed by atoms with E-state index >= 15 is 0 Å². The van der Waals surface area contributed by atoms with Crippen LogP contribution in [0.1, 0.15) is 46.9 Å². The zero-order valence-electron chi connectivity index (χ0n) is 16.4. The van der Waals surface area contributed by atoms with E-state index < -0.39 is 17.9 Å². The number of aliphatic carboxylic acids is 1. The van der Waals surface area contributed by atoms with Crippen LogP contribution >= 0.6 is 11.6 Å². The smallest absolute Gasteiger partial charge is 0.340 e. The van der Waals surface area contributed by atoms with Gasteiger partial charge in [0.25, 0.3) is 0 Å². The number of carboxylic acids is 1. The first-order chi connectivity index (χ1) is 13.8. The third kappa shape index (κ3) is 3.56. The van der Waals surface area contributed by atoms with E-state index in [0.717, 1.165) is 11.2 Å². The molecule has 2 aromatic carbocycles. The quantitative estimate of drug-likeness (QED) is 0.568. The number of fused-ring (bicyclic) bond motifs is 1. The normalized spacial score (nSPS) is 12.1. The number of halogens is 1. The predicted octanol–water partition coefficient (Wildman–Crippen LogP) is 4.72. The fraction of sp³-hybridized carbons (Fsp3) is 0.273. The van der Waals surface area contributed by atoms with Gasteiger partial charge in [-0.3, -0.25) is 4.79 Å². The van der Waals surface area contributed by atoms with Gasteiger partial charge in [-0.1, -0.05) is 29.8 Å². The monoisotopic (exact) mass is 415 g/mol. The summed E-state index contributed by atoms with van der Waals surface area (Å²) in [5.74, 6) is -2.88. The van der Waals surface area contributed by atoms with E-state index in [0.29, 0.717) is 28.6 Å². The number of carboxylic acid groups (broad SMARTS) is 1. The molecule has 2 N–H and O–H groups in total. The van der Waals surface area contributed by atoms with E-state index in [1.807, 2.05) is 24.5 Å². The van der Waals surface area contributed by atoms with Crippen molar-refractivity contribution in [1.29, 1.82) is 0 Å². The highest BCUT2D eigenvalue weighted by Crippen LogP contribution is 2.38. The number of phenolic OH excluding ortho intramolecular Hbond substituents is 1. The zero-order chi connectivity index (χ0) is 21.3. The van der Waals surface area contributed by atoms with Crippen molar-refractivity contribution in [2.45, 2.75) is 33.2 Å². The van der Waals surface area contributed by atoms with E-state index in [1.165, 1.54) is 12.1 Å². The molecule has 1 aromatic heterocycles. The fourth-order valence-electron chi connectivity index (χ4n) is 3.82. The van der Waals surface area contributed by atoms with Crippen LogP contribution in [-0.2, 0) is 16.1 Å². The minimum Gasteiger partial charge on any atom is -0.506 e. The van der Waals surface area contributed by atoms with E-state index in [2.05, 4.69) is 0 Å². The number of nitrogens with zero attached hydrogens (tertiary/aromatic N) is 1. The maximum atomic E-state index is 12.7. The second kappa shape index (κ2) is 8.17. The molecule has 1 heterocycles. The number of esters is 1. The molecule has 3 aromatic rings. The number of carbonyl (C=O) groups is 2. The van der Waals surface area contributed by atoms with Crippen molar-refractivity contribution in [1.82, 2.24) is 4.57 Å². The first-order valence-electron chi connectivity index (χ1n) is 9.31. The molecule has 1 atom stereocenters. The third-order valence-electron chi connectivity index (χ3n) is 5.04. The van der Waals surface area contributed by atoms with E-state index in [4.69, 9.17) is 16.3 Å². The minimum absolute atomic E-state index is 0.135. The Labute approximate surface area is 173 Å². The SMILES string of the molecule is CCOC(=O)c1c(C)n(CC)c2cccc(C(C(=O)O)c3ccc(Cl)c(O)c3)c12. The molecular formula is C22H22ClNO5. The molecule has 152 valence electrons. The summed E-state index contributed by atoms with van der Waals surface area (Å²) in [5, 5.41) is 20.7. The van der Waals surface area contributed by atoms with Gasteiger partial charge in [0.05, 0.1) is 17.2 Å². The Morgan fingerprint density at radius 3 is 2.52 bits per heavy atom. The molecule has 0 saturated carbocycles. The van der Waals surface area contributed by atoms with Crippen LogP contribution in [0, 0.1) is 6.92 Å². The summed E-state index contributed by atoms with van der Waals surface area (Å²) in [7, 11) is 0. The van der Waals surface area contributed by atoms with Gasteiger partial charge in [0.1, 0.15) is 11.7 Å². The average Bonchev–Trinajstić information content (AvgIpc) is 2.96. The zero-order valence-corrected chi connectivity index (χ0v) is 17.2. The summed E-state index contributed by atoms with van der Waals surface area (Å²) in [5.41, 5.74) is 2.66. The molecule has 0 aliphatic rings. The predicted molar refractivity (Wildman–Crippen MR) is 111 cm³/mol. The Kier molecular flexibility index (Phi) is 5.84. The van der Waals surface area contributed by atoms with Gasteiger partial charge in [0.15, 0.2) is 0 Å². The van der Waals surface area contributed by atoms with Crippen molar-refractivity contribution in [2.24, 2.45) is 0 Å². The Morgan fingerprint density at radius 2 is 1.93 bits per heavy atom. The summed E-state index contributed by atoms with van der Waals surface area (Å²) in [6, 6.07) is 9.67. The highest BCUT2D eigenvalue weighted by atomic mass is 35.5. The van der Waals surface area contributed by atoms with Gasteiger partial charge in [-0.05, 0) is 50.1 Å². The topological polar surface area (TPSA) is 88.8 Å². The van der Waals surface area contributed by atoms with E-state index in [-0.39, 0.29) is 17.4 Å². The van der Waals surface area contributed by atoms with Crippen LogP contribution in [0.3, 0.4) is 0 Å². The number of aryl methyl sites for hydroxylation is 1. The van der Waals surface area contributed by atoms with Crippen LogP contribution in [-0.4, -0.2) is 33.3 Å². The van der Waals surface area contributed by atoms with Crippen LogP contribution < -0.4 is 0 Å². The number of rotatable bonds is 6. The maximum Gasteiger partial charge on any atom is 0.340 e. The van der Waals surface area contributed by atoms with Crippen LogP contribution in [0.25, 0.3) is 10.9 Å². The summed E-state index contributed by atoms with van der Waals surface area (Å²) < 4.78 is 7.21. The van der Waals surface area contributed by atoms with Crippen LogP contribution in [0.2, 0.25) is 5.02 Å². The molecule has 0 aliphatic heterocycles. The van der Waals surface area contributed by atoms with E-state index in [1.54, 1.807) is 25.1 Å². The second-order valence-electron chi connectivity index (χ2n) is 6.65. The number of benzene rings is 2. The van der Waals surface area contributed by atoms with Crippen LogP contribution in [0.15, 0.2) is 36.4 Å². The highest BCUT2D eigenvalue weighted by molar-refractivity contribution is 6.32. The van der Waals surface area contributed by atoms with Crippen molar-refractivity contribution in [3.05, 3.63) is 63.8 Å². The van der Waals surface area contributed by atoms with Gasteiger partial charge < -0.3 is 19.5 Å². The lowest BCUT2D eigenvalue weighted by Crippen LogP contribution is -2.14. The number of aromatic nitrogens is 1. The Balaban J connectivity index is 2.36. The van der Waals surface area contributed by atoms with Gasteiger partial charge >= 0.3 is 11.9 Å². The molecule has 7 heteroatoms. The lowest BCUT2D eigenvalue weighted by molar-refractivity contribution is -0.137.